The predicted octanol–water partition coefficient (Wildman–Crippen LogP) is 5.74. The summed E-state index contributed by atoms with van der Waals surface area (Å²) in [6, 6.07) is 14.7. The second-order valence-corrected chi connectivity index (χ2v) is 6.20. The highest BCUT2D eigenvalue weighted by atomic mass is 79.9. The molecule has 0 spiro atoms. The van der Waals surface area contributed by atoms with Gasteiger partial charge in [-0.2, -0.15) is 0 Å². The zero-order valence-corrected chi connectivity index (χ0v) is 13.5. The van der Waals surface area contributed by atoms with Crippen molar-refractivity contribution in [1.29, 1.82) is 0 Å². The molecule has 0 amide bonds. The lowest BCUT2D eigenvalue weighted by Crippen LogP contribution is -1.89. The van der Waals surface area contributed by atoms with Gasteiger partial charge in [-0.25, -0.2) is 0 Å². The zero-order valence-electron chi connectivity index (χ0n) is 10.3. The van der Waals surface area contributed by atoms with Crippen LogP contribution < -0.4 is 0 Å². The zero-order chi connectivity index (χ0) is 13.4. The van der Waals surface area contributed by atoms with Gasteiger partial charge in [0.05, 0.1) is 5.52 Å². The summed E-state index contributed by atoms with van der Waals surface area (Å²) in [7, 11) is 0. The third-order valence-corrected chi connectivity index (χ3v) is 4.29. The van der Waals surface area contributed by atoms with E-state index in [9.17, 15) is 0 Å². The van der Waals surface area contributed by atoms with E-state index >= 15 is 0 Å². The minimum atomic E-state index is 0.993. The Balaban J connectivity index is 2.44. The molecule has 0 saturated heterocycles. The molecule has 0 aliphatic carbocycles. The summed E-state index contributed by atoms with van der Waals surface area (Å²) in [4.78, 5) is 4.51. The van der Waals surface area contributed by atoms with E-state index < -0.39 is 0 Å². The molecule has 3 heteroatoms. The van der Waals surface area contributed by atoms with E-state index in [1.54, 1.807) is 0 Å². The molecule has 3 rings (SSSR count). The maximum Gasteiger partial charge on any atom is 0.0851 e. The first-order valence-corrected chi connectivity index (χ1v) is 7.55. The first kappa shape index (κ1) is 12.8. The van der Waals surface area contributed by atoms with E-state index in [4.69, 9.17) is 0 Å². The molecule has 0 unspecified atom stereocenters. The third kappa shape index (κ3) is 2.33. The molecule has 19 heavy (non-hydrogen) atoms. The van der Waals surface area contributed by atoms with E-state index in [1.165, 1.54) is 16.7 Å². The lowest BCUT2D eigenvalue weighted by Gasteiger charge is -2.11. The van der Waals surface area contributed by atoms with Gasteiger partial charge in [0.15, 0.2) is 0 Å². The molecule has 94 valence electrons. The van der Waals surface area contributed by atoms with Crippen LogP contribution in [0.4, 0.5) is 0 Å². The van der Waals surface area contributed by atoms with Gasteiger partial charge >= 0.3 is 0 Å². The molecule has 1 nitrogen and oxygen atoms in total. The van der Waals surface area contributed by atoms with Crippen LogP contribution in [0.5, 0.6) is 0 Å². The van der Waals surface area contributed by atoms with Crippen LogP contribution in [0.2, 0.25) is 0 Å². The van der Waals surface area contributed by atoms with E-state index in [2.05, 4.69) is 80.2 Å². The molecule has 0 fully saturated rings. The monoisotopic (exact) mass is 375 g/mol. The molecule has 0 N–H and O–H groups in total. The lowest BCUT2D eigenvalue weighted by atomic mass is 10.0. The number of aromatic nitrogens is 1. The summed E-state index contributed by atoms with van der Waals surface area (Å²) in [6.07, 6.45) is 1.87. The van der Waals surface area contributed by atoms with E-state index in [-0.39, 0.29) is 0 Å². The van der Waals surface area contributed by atoms with Crippen LogP contribution in [-0.4, -0.2) is 4.98 Å². The van der Waals surface area contributed by atoms with Crippen molar-refractivity contribution in [3.8, 4) is 11.1 Å². The van der Waals surface area contributed by atoms with Crippen LogP contribution in [0.25, 0.3) is 22.0 Å². The number of benzene rings is 2. The standard InChI is InChI=1S/C16H11Br2N/c1-10-7-12-15(11-5-3-2-4-6-11)14(18)9-19-16(12)13(17)8-10/h2-9H,1H3. The molecule has 0 bridgehead atoms. The second-order valence-electron chi connectivity index (χ2n) is 4.49. The van der Waals surface area contributed by atoms with Gasteiger partial charge in [-0.05, 0) is 62.0 Å². The van der Waals surface area contributed by atoms with Gasteiger partial charge < -0.3 is 0 Å². The number of pyridine rings is 1. The first-order valence-electron chi connectivity index (χ1n) is 5.96. The van der Waals surface area contributed by atoms with Crippen molar-refractivity contribution >= 4 is 42.8 Å². The largest absolute Gasteiger partial charge is 0.254 e. The molecule has 0 aliphatic rings. The maximum absolute atomic E-state index is 4.51. The number of hydrogen-bond acceptors (Lipinski definition) is 1. The van der Waals surface area contributed by atoms with Gasteiger partial charge in [-0.15, -0.1) is 0 Å². The Hall–Kier alpha value is -1.19. The second kappa shape index (κ2) is 5.06. The minimum absolute atomic E-state index is 0.993. The molecular weight excluding hydrogens is 366 g/mol. The van der Waals surface area contributed by atoms with Crippen molar-refractivity contribution in [2.75, 3.05) is 0 Å². The number of fused-ring (bicyclic) bond motifs is 1. The van der Waals surface area contributed by atoms with Gasteiger partial charge in [-0.3, -0.25) is 4.98 Å². The van der Waals surface area contributed by atoms with Crippen molar-refractivity contribution < 1.29 is 0 Å². The Morgan fingerprint density at radius 1 is 0.947 bits per heavy atom. The SMILES string of the molecule is Cc1cc(Br)c2ncc(Br)c(-c3ccccc3)c2c1. The minimum Gasteiger partial charge on any atom is -0.254 e. The van der Waals surface area contributed by atoms with E-state index in [1.807, 2.05) is 12.3 Å². The normalized spacial score (nSPS) is 10.9. The lowest BCUT2D eigenvalue weighted by molar-refractivity contribution is 1.36. The highest BCUT2D eigenvalue weighted by molar-refractivity contribution is 9.11. The van der Waals surface area contributed by atoms with Crippen LogP contribution in [-0.2, 0) is 0 Å². The van der Waals surface area contributed by atoms with Crippen LogP contribution in [0.3, 0.4) is 0 Å². The molecule has 3 aromatic rings. The average molecular weight is 377 g/mol. The van der Waals surface area contributed by atoms with Crippen LogP contribution in [0, 0.1) is 6.92 Å². The fourth-order valence-electron chi connectivity index (χ4n) is 2.27. The average Bonchev–Trinajstić information content (AvgIpc) is 2.39. The van der Waals surface area contributed by atoms with Crippen LogP contribution in [0.1, 0.15) is 5.56 Å². The van der Waals surface area contributed by atoms with Crippen molar-refractivity contribution in [2.45, 2.75) is 6.92 Å². The molecule has 0 radical (unpaired) electrons. The Morgan fingerprint density at radius 2 is 1.68 bits per heavy atom. The van der Waals surface area contributed by atoms with Gasteiger partial charge in [0.25, 0.3) is 0 Å². The quantitative estimate of drug-likeness (QED) is 0.528. The summed E-state index contributed by atoms with van der Waals surface area (Å²) >= 11 is 7.23. The molecule has 1 heterocycles. The summed E-state index contributed by atoms with van der Waals surface area (Å²) < 4.78 is 2.05. The Labute approximate surface area is 128 Å². The van der Waals surface area contributed by atoms with Gasteiger partial charge in [0, 0.05) is 26.1 Å². The first-order chi connectivity index (χ1) is 9.16. The Morgan fingerprint density at radius 3 is 2.42 bits per heavy atom. The highest BCUT2D eigenvalue weighted by Crippen LogP contribution is 2.37. The highest BCUT2D eigenvalue weighted by Gasteiger charge is 2.11. The summed E-state index contributed by atoms with van der Waals surface area (Å²) in [5.41, 5.74) is 4.60. The van der Waals surface area contributed by atoms with Crippen molar-refractivity contribution in [3.63, 3.8) is 0 Å². The van der Waals surface area contributed by atoms with Gasteiger partial charge in [0.2, 0.25) is 0 Å². The third-order valence-electron chi connectivity index (χ3n) is 3.09. The molecule has 0 saturated carbocycles. The number of halogens is 2. The molecule has 0 aliphatic heterocycles. The molecule has 1 aromatic heterocycles. The number of rotatable bonds is 1. The van der Waals surface area contributed by atoms with E-state index in [0.29, 0.717) is 0 Å². The number of nitrogens with zero attached hydrogens (tertiary/aromatic N) is 1. The molecule has 0 atom stereocenters. The molecule has 2 aromatic carbocycles. The summed E-state index contributed by atoms with van der Waals surface area (Å²) in [5.74, 6) is 0. The van der Waals surface area contributed by atoms with Crippen LogP contribution >= 0.6 is 31.9 Å². The topological polar surface area (TPSA) is 12.9 Å². The maximum atomic E-state index is 4.51. The fraction of sp³-hybridized carbons (Fsp3) is 0.0625. The molecular formula is C16H11Br2N. The van der Waals surface area contributed by atoms with Crippen molar-refractivity contribution in [3.05, 3.63) is 63.2 Å². The van der Waals surface area contributed by atoms with Crippen molar-refractivity contribution in [2.24, 2.45) is 0 Å². The summed E-state index contributed by atoms with van der Waals surface area (Å²) in [5, 5.41) is 1.16. The number of hydrogen-bond donors (Lipinski definition) is 0. The predicted molar refractivity (Wildman–Crippen MR) is 87.3 cm³/mol. The fourth-order valence-corrected chi connectivity index (χ4v) is 3.49. The smallest absolute Gasteiger partial charge is 0.0851 e. The van der Waals surface area contributed by atoms with Crippen LogP contribution in [0.15, 0.2) is 57.6 Å². The Bertz CT molecular complexity index is 752. The van der Waals surface area contributed by atoms with Crippen molar-refractivity contribution in [1.82, 2.24) is 4.98 Å². The number of aryl methyl sites for hydroxylation is 1. The Kier molecular flexibility index (Phi) is 3.42. The van der Waals surface area contributed by atoms with Gasteiger partial charge in [-0.1, -0.05) is 30.3 Å². The van der Waals surface area contributed by atoms with Gasteiger partial charge in [0.1, 0.15) is 0 Å². The van der Waals surface area contributed by atoms with E-state index in [0.717, 1.165) is 19.8 Å². The summed E-state index contributed by atoms with van der Waals surface area (Å²) in [6.45, 7) is 2.10.